The van der Waals surface area contributed by atoms with Gasteiger partial charge < -0.3 is 14.8 Å². The van der Waals surface area contributed by atoms with Gasteiger partial charge in [0.2, 0.25) is 0 Å². The fraction of sp³-hybridized carbons (Fsp3) is 0.316. The molecule has 0 bridgehead atoms. The van der Waals surface area contributed by atoms with Crippen molar-refractivity contribution in [1.82, 2.24) is 5.32 Å². The Morgan fingerprint density at radius 3 is 2.58 bits per heavy atom. The highest BCUT2D eigenvalue weighted by atomic mass is 19.1. The highest BCUT2D eigenvalue weighted by Gasteiger charge is 2.14. The zero-order valence-corrected chi connectivity index (χ0v) is 13.9. The Kier molecular flexibility index (Phi) is 6.61. The minimum atomic E-state index is -0.595. The fourth-order valence-electron chi connectivity index (χ4n) is 2.23. The van der Waals surface area contributed by atoms with Gasteiger partial charge in [0.15, 0.2) is 6.10 Å². The molecular weight excluding hydrogens is 309 g/mol. The summed E-state index contributed by atoms with van der Waals surface area (Å²) >= 11 is 0. The number of carbonyl (C=O) groups excluding carboxylic acids is 1. The number of amides is 1. The minimum Gasteiger partial charge on any atom is -0.497 e. The Morgan fingerprint density at radius 1 is 1.17 bits per heavy atom. The maximum Gasteiger partial charge on any atom is 0.260 e. The first-order chi connectivity index (χ1) is 11.6. The molecule has 24 heavy (non-hydrogen) atoms. The van der Waals surface area contributed by atoms with E-state index in [0.717, 1.165) is 18.4 Å². The number of halogens is 1. The summed E-state index contributed by atoms with van der Waals surface area (Å²) in [6, 6.07) is 13.5. The molecule has 0 heterocycles. The van der Waals surface area contributed by atoms with Crippen LogP contribution < -0.4 is 14.8 Å². The fourth-order valence-corrected chi connectivity index (χ4v) is 2.23. The van der Waals surface area contributed by atoms with Crippen molar-refractivity contribution >= 4 is 5.91 Å². The van der Waals surface area contributed by atoms with Crippen molar-refractivity contribution in [3.8, 4) is 11.5 Å². The Labute approximate surface area is 141 Å². The molecule has 4 nitrogen and oxygen atoms in total. The van der Waals surface area contributed by atoms with E-state index in [1.165, 1.54) is 12.1 Å². The largest absolute Gasteiger partial charge is 0.497 e. The average Bonchev–Trinajstić information content (AvgIpc) is 2.60. The van der Waals surface area contributed by atoms with Gasteiger partial charge in [-0.05, 0) is 49.6 Å². The van der Waals surface area contributed by atoms with E-state index in [9.17, 15) is 9.18 Å². The van der Waals surface area contributed by atoms with Gasteiger partial charge in [0.1, 0.15) is 17.3 Å². The Hall–Kier alpha value is -2.56. The molecule has 0 saturated heterocycles. The zero-order valence-electron chi connectivity index (χ0n) is 13.9. The molecule has 2 aromatic carbocycles. The Bertz CT molecular complexity index is 658. The van der Waals surface area contributed by atoms with Crippen LogP contribution in [0.3, 0.4) is 0 Å². The van der Waals surface area contributed by atoms with Gasteiger partial charge in [-0.3, -0.25) is 4.79 Å². The number of aryl methyl sites for hydroxylation is 1. The van der Waals surface area contributed by atoms with Crippen LogP contribution in [0.15, 0.2) is 48.5 Å². The second kappa shape index (κ2) is 8.91. The number of methoxy groups -OCH3 is 1. The lowest BCUT2D eigenvalue weighted by Gasteiger charge is -2.15. The van der Waals surface area contributed by atoms with E-state index in [1.54, 1.807) is 38.3 Å². The standard InChI is InChI=1S/C19H22FNO3/c1-14(24-18-7-3-6-17(13-18)23-2)19(22)21-12-4-5-15-8-10-16(20)11-9-15/h3,6-11,13-14H,4-5,12H2,1-2H3,(H,21,22)/t14-/m1/s1. The molecule has 1 amide bonds. The van der Waals surface area contributed by atoms with Crippen LogP contribution in [0.2, 0.25) is 0 Å². The molecule has 0 saturated carbocycles. The van der Waals surface area contributed by atoms with Gasteiger partial charge in [-0.25, -0.2) is 4.39 Å². The second-order valence-electron chi connectivity index (χ2n) is 5.46. The molecule has 0 aromatic heterocycles. The quantitative estimate of drug-likeness (QED) is 0.755. The van der Waals surface area contributed by atoms with Crippen molar-refractivity contribution in [1.29, 1.82) is 0 Å². The van der Waals surface area contributed by atoms with Gasteiger partial charge in [-0.15, -0.1) is 0 Å². The third kappa shape index (κ3) is 5.57. The molecule has 0 aliphatic heterocycles. The molecule has 0 unspecified atom stereocenters. The van der Waals surface area contributed by atoms with Crippen molar-refractivity contribution in [2.75, 3.05) is 13.7 Å². The SMILES string of the molecule is COc1cccc(O[C@H](C)C(=O)NCCCc2ccc(F)cc2)c1. The maximum absolute atomic E-state index is 12.8. The molecule has 0 fully saturated rings. The minimum absolute atomic E-state index is 0.170. The van der Waals surface area contributed by atoms with E-state index in [1.807, 2.05) is 12.1 Å². The number of carbonyl (C=O) groups is 1. The lowest BCUT2D eigenvalue weighted by molar-refractivity contribution is -0.127. The highest BCUT2D eigenvalue weighted by molar-refractivity contribution is 5.80. The first-order valence-corrected chi connectivity index (χ1v) is 7.91. The number of rotatable bonds is 8. The molecule has 0 aliphatic carbocycles. The van der Waals surface area contributed by atoms with E-state index in [0.29, 0.717) is 18.0 Å². The first kappa shape index (κ1) is 17.8. The predicted molar refractivity (Wildman–Crippen MR) is 90.8 cm³/mol. The molecule has 128 valence electrons. The van der Waals surface area contributed by atoms with Crippen LogP contribution in [-0.2, 0) is 11.2 Å². The van der Waals surface area contributed by atoms with Crippen molar-refractivity contribution in [3.63, 3.8) is 0 Å². The number of hydrogen-bond acceptors (Lipinski definition) is 3. The molecular formula is C19H22FNO3. The Morgan fingerprint density at radius 2 is 1.88 bits per heavy atom. The van der Waals surface area contributed by atoms with Crippen LogP contribution in [0, 0.1) is 5.82 Å². The van der Waals surface area contributed by atoms with Crippen LogP contribution in [-0.4, -0.2) is 25.7 Å². The summed E-state index contributed by atoms with van der Waals surface area (Å²) in [7, 11) is 1.58. The summed E-state index contributed by atoms with van der Waals surface area (Å²) in [5.41, 5.74) is 1.05. The normalized spacial score (nSPS) is 11.6. The Balaban J connectivity index is 1.72. The van der Waals surface area contributed by atoms with E-state index < -0.39 is 6.10 Å². The number of benzene rings is 2. The molecule has 0 aliphatic rings. The summed E-state index contributed by atoms with van der Waals surface area (Å²) in [5.74, 6) is 0.857. The van der Waals surface area contributed by atoms with E-state index in [4.69, 9.17) is 9.47 Å². The number of ether oxygens (including phenoxy) is 2. The van der Waals surface area contributed by atoms with Crippen molar-refractivity contribution in [2.24, 2.45) is 0 Å². The molecule has 2 aromatic rings. The second-order valence-corrected chi connectivity index (χ2v) is 5.46. The van der Waals surface area contributed by atoms with Gasteiger partial charge in [0.25, 0.3) is 5.91 Å². The monoisotopic (exact) mass is 331 g/mol. The number of nitrogens with one attached hydrogen (secondary N) is 1. The van der Waals surface area contributed by atoms with Gasteiger partial charge in [-0.2, -0.15) is 0 Å². The molecule has 1 atom stereocenters. The molecule has 0 spiro atoms. The van der Waals surface area contributed by atoms with Crippen molar-refractivity contribution in [3.05, 3.63) is 59.9 Å². The summed E-state index contributed by atoms with van der Waals surface area (Å²) in [4.78, 5) is 12.0. The zero-order chi connectivity index (χ0) is 17.4. The van der Waals surface area contributed by atoms with Crippen LogP contribution in [0.4, 0.5) is 4.39 Å². The van der Waals surface area contributed by atoms with E-state index >= 15 is 0 Å². The molecule has 5 heteroatoms. The van der Waals surface area contributed by atoms with Crippen molar-refractivity contribution < 1.29 is 18.7 Å². The third-order valence-corrected chi connectivity index (χ3v) is 3.58. The van der Waals surface area contributed by atoms with Gasteiger partial charge >= 0.3 is 0 Å². The topological polar surface area (TPSA) is 47.6 Å². The summed E-state index contributed by atoms with van der Waals surface area (Å²) in [6.45, 7) is 2.25. The van der Waals surface area contributed by atoms with Crippen LogP contribution in [0.1, 0.15) is 18.9 Å². The van der Waals surface area contributed by atoms with Gasteiger partial charge in [-0.1, -0.05) is 18.2 Å². The smallest absolute Gasteiger partial charge is 0.260 e. The van der Waals surface area contributed by atoms with Gasteiger partial charge in [0.05, 0.1) is 7.11 Å². The molecule has 2 rings (SSSR count). The maximum atomic E-state index is 12.8. The van der Waals surface area contributed by atoms with Crippen molar-refractivity contribution in [2.45, 2.75) is 25.9 Å². The van der Waals surface area contributed by atoms with Crippen LogP contribution in [0.5, 0.6) is 11.5 Å². The van der Waals surface area contributed by atoms with Crippen LogP contribution in [0.25, 0.3) is 0 Å². The van der Waals surface area contributed by atoms with Gasteiger partial charge in [0, 0.05) is 12.6 Å². The van der Waals surface area contributed by atoms with E-state index in [-0.39, 0.29) is 11.7 Å². The lowest BCUT2D eigenvalue weighted by atomic mass is 10.1. The highest BCUT2D eigenvalue weighted by Crippen LogP contribution is 2.19. The third-order valence-electron chi connectivity index (χ3n) is 3.58. The molecule has 0 radical (unpaired) electrons. The summed E-state index contributed by atoms with van der Waals surface area (Å²) in [5, 5.41) is 2.84. The average molecular weight is 331 g/mol. The predicted octanol–water partition coefficient (Wildman–Crippen LogP) is 3.35. The lowest BCUT2D eigenvalue weighted by Crippen LogP contribution is -2.36. The molecule has 1 N–H and O–H groups in total. The number of hydrogen-bond donors (Lipinski definition) is 1. The summed E-state index contributed by atoms with van der Waals surface area (Å²) in [6.07, 6.45) is 0.970. The summed E-state index contributed by atoms with van der Waals surface area (Å²) < 4.78 is 23.6. The first-order valence-electron chi connectivity index (χ1n) is 7.91. The van der Waals surface area contributed by atoms with E-state index in [2.05, 4.69) is 5.32 Å². The van der Waals surface area contributed by atoms with Crippen LogP contribution >= 0.6 is 0 Å².